The van der Waals surface area contributed by atoms with Gasteiger partial charge < -0.3 is 9.47 Å². The van der Waals surface area contributed by atoms with Crippen molar-refractivity contribution in [2.75, 3.05) is 46.5 Å². The molecule has 0 atom stereocenters. The molecule has 1 aromatic heterocycles. The van der Waals surface area contributed by atoms with Crippen LogP contribution in [0.4, 0.5) is 0 Å². The molecular formula is C18H23N3O6S2. The summed E-state index contributed by atoms with van der Waals surface area (Å²) in [7, 11) is -5.84. The molecule has 1 aliphatic rings. The molecule has 158 valence electrons. The highest BCUT2D eigenvalue weighted by Gasteiger charge is 2.33. The van der Waals surface area contributed by atoms with E-state index in [1.165, 1.54) is 39.2 Å². The topological polar surface area (TPSA) is 106 Å². The van der Waals surface area contributed by atoms with Gasteiger partial charge in [0.15, 0.2) is 0 Å². The van der Waals surface area contributed by atoms with E-state index >= 15 is 0 Å². The number of pyridine rings is 1. The van der Waals surface area contributed by atoms with E-state index in [0.29, 0.717) is 19.0 Å². The number of ether oxygens (including phenoxy) is 2. The summed E-state index contributed by atoms with van der Waals surface area (Å²) in [4.78, 5) is 4.08. The van der Waals surface area contributed by atoms with Crippen LogP contribution < -0.4 is 4.74 Å². The number of piperazine rings is 1. The van der Waals surface area contributed by atoms with Gasteiger partial charge in [-0.3, -0.25) is 4.98 Å². The molecule has 0 spiro atoms. The Balaban J connectivity index is 1.65. The standard InChI is InChI=1S/C18H23N3O6S2/c1-26-13-14-27-16-4-6-17(7-5-16)28(22,23)20-9-11-21(12-10-20)29(24,25)18-3-2-8-19-15-18/h2-8,15H,9-14H2,1H3. The summed E-state index contributed by atoms with van der Waals surface area (Å²) in [6.07, 6.45) is 2.78. The van der Waals surface area contributed by atoms with Crippen LogP contribution in [0, 0.1) is 0 Å². The van der Waals surface area contributed by atoms with E-state index in [4.69, 9.17) is 9.47 Å². The monoisotopic (exact) mass is 441 g/mol. The molecule has 0 amide bonds. The Morgan fingerprint density at radius 3 is 1.97 bits per heavy atom. The number of hydrogen-bond acceptors (Lipinski definition) is 7. The lowest BCUT2D eigenvalue weighted by Crippen LogP contribution is -2.50. The summed E-state index contributed by atoms with van der Waals surface area (Å²) in [5.74, 6) is 0.549. The van der Waals surface area contributed by atoms with Crippen LogP contribution in [-0.2, 0) is 24.8 Å². The van der Waals surface area contributed by atoms with Crippen molar-refractivity contribution in [2.45, 2.75) is 9.79 Å². The van der Waals surface area contributed by atoms with Crippen molar-refractivity contribution in [1.82, 2.24) is 13.6 Å². The van der Waals surface area contributed by atoms with Gasteiger partial charge in [-0.1, -0.05) is 0 Å². The molecule has 0 bridgehead atoms. The van der Waals surface area contributed by atoms with Crippen LogP contribution in [0.5, 0.6) is 5.75 Å². The maximum Gasteiger partial charge on any atom is 0.244 e. The first-order valence-electron chi connectivity index (χ1n) is 8.98. The van der Waals surface area contributed by atoms with Crippen molar-refractivity contribution in [3.8, 4) is 5.75 Å². The highest BCUT2D eigenvalue weighted by molar-refractivity contribution is 7.89. The van der Waals surface area contributed by atoms with Crippen LogP contribution in [0.2, 0.25) is 0 Å². The molecule has 1 saturated heterocycles. The third-order valence-electron chi connectivity index (χ3n) is 4.49. The van der Waals surface area contributed by atoms with Crippen molar-refractivity contribution in [3.63, 3.8) is 0 Å². The summed E-state index contributed by atoms with van der Waals surface area (Å²) in [5.41, 5.74) is 0. The fourth-order valence-corrected chi connectivity index (χ4v) is 5.71. The fourth-order valence-electron chi connectivity index (χ4n) is 2.90. The van der Waals surface area contributed by atoms with Gasteiger partial charge in [-0.05, 0) is 36.4 Å². The van der Waals surface area contributed by atoms with Crippen LogP contribution in [0.25, 0.3) is 0 Å². The van der Waals surface area contributed by atoms with Crippen LogP contribution in [0.15, 0.2) is 58.6 Å². The Morgan fingerprint density at radius 2 is 1.45 bits per heavy atom. The molecule has 3 rings (SSSR count). The Bertz CT molecular complexity index is 1000. The minimum absolute atomic E-state index is 0.0773. The number of benzene rings is 1. The number of hydrogen-bond donors (Lipinski definition) is 0. The smallest absolute Gasteiger partial charge is 0.244 e. The van der Waals surface area contributed by atoms with Crippen molar-refractivity contribution in [2.24, 2.45) is 0 Å². The molecule has 2 aromatic rings. The lowest BCUT2D eigenvalue weighted by Gasteiger charge is -2.33. The molecule has 29 heavy (non-hydrogen) atoms. The van der Waals surface area contributed by atoms with E-state index in [1.807, 2.05) is 0 Å². The molecule has 11 heteroatoms. The van der Waals surface area contributed by atoms with Crippen molar-refractivity contribution in [3.05, 3.63) is 48.8 Å². The Hall–Kier alpha value is -2.05. The van der Waals surface area contributed by atoms with Crippen molar-refractivity contribution < 1.29 is 26.3 Å². The Kier molecular flexibility index (Phi) is 6.85. The van der Waals surface area contributed by atoms with Gasteiger partial charge in [0.1, 0.15) is 17.3 Å². The molecule has 9 nitrogen and oxygen atoms in total. The fraction of sp³-hybridized carbons (Fsp3) is 0.389. The zero-order valence-corrected chi connectivity index (χ0v) is 17.6. The molecule has 2 heterocycles. The molecule has 0 saturated carbocycles. The summed E-state index contributed by atoms with van der Waals surface area (Å²) in [5, 5.41) is 0. The first kappa shape index (κ1) is 21.7. The van der Waals surface area contributed by atoms with Crippen LogP contribution in [-0.4, -0.2) is 76.9 Å². The zero-order chi connectivity index (χ0) is 20.9. The van der Waals surface area contributed by atoms with E-state index in [-0.39, 0.29) is 36.0 Å². The zero-order valence-electron chi connectivity index (χ0n) is 16.0. The summed E-state index contributed by atoms with van der Waals surface area (Å²) < 4.78 is 64.0. The largest absolute Gasteiger partial charge is 0.491 e. The highest BCUT2D eigenvalue weighted by Crippen LogP contribution is 2.23. The third kappa shape index (κ3) is 4.93. The van der Waals surface area contributed by atoms with E-state index in [1.54, 1.807) is 25.3 Å². The van der Waals surface area contributed by atoms with Gasteiger partial charge in [0.05, 0.1) is 11.5 Å². The summed E-state index contributed by atoms with van der Waals surface area (Å²) >= 11 is 0. The van der Waals surface area contributed by atoms with Gasteiger partial charge in [-0.2, -0.15) is 8.61 Å². The predicted molar refractivity (Wildman–Crippen MR) is 106 cm³/mol. The quantitative estimate of drug-likeness (QED) is 0.558. The van der Waals surface area contributed by atoms with Crippen LogP contribution >= 0.6 is 0 Å². The van der Waals surface area contributed by atoms with Gasteiger partial charge in [-0.25, -0.2) is 16.8 Å². The summed E-state index contributed by atoms with van der Waals surface area (Å²) in [6.45, 7) is 1.12. The minimum Gasteiger partial charge on any atom is -0.491 e. The van der Waals surface area contributed by atoms with E-state index < -0.39 is 20.0 Å². The molecule has 1 fully saturated rings. The second kappa shape index (κ2) is 9.18. The van der Waals surface area contributed by atoms with Crippen molar-refractivity contribution in [1.29, 1.82) is 0 Å². The van der Waals surface area contributed by atoms with Crippen molar-refractivity contribution >= 4 is 20.0 Å². The number of sulfonamides is 2. The first-order chi connectivity index (χ1) is 13.9. The Morgan fingerprint density at radius 1 is 0.862 bits per heavy atom. The SMILES string of the molecule is COCCOc1ccc(S(=O)(=O)N2CCN(S(=O)(=O)c3cccnc3)CC2)cc1. The Labute approximate surface area is 171 Å². The normalized spacial score (nSPS) is 16.6. The molecule has 0 unspecified atom stereocenters. The molecular weight excluding hydrogens is 418 g/mol. The minimum atomic E-state index is -3.72. The predicted octanol–water partition coefficient (Wildman–Crippen LogP) is 0.802. The molecule has 1 aromatic carbocycles. The van der Waals surface area contributed by atoms with Gasteiger partial charge in [0.2, 0.25) is 20.0 Å². The molecule has 0 N–H and O–H groups in total. The van der Waals surface area contributed by atoms with Gasteiger partial charge in [-0.15, -0.1) is 0 Å². The lowest BCUT2D eigenvalue weighted by molar-refractivity contribution is 0.146. The second-order valence-corrected chi connectivity index (χ2v) is 10.2. The summed E-state index contributed by atoms with van der Waals surface area (Å²) in [6, 6.07) is 9.17. The highest BCUT2D eigenvalue weighted by atomic mass is 32.2. The average Bonchev–Trinajstić information content (AvgIpc) is 2.75. The van der Waals surface area contributed by atoms with E-state index in [9.17, 15) is 16.8 Å². The lowest BCUT2D eigenvalue weighted by atomic mass is 10.3. The maximum absolute atomic E-state index is 12.9. The molecule has 1 aliphatic heterocycles. The number of methoxy groups -OCH3 is 1. The van der Waals surface area contributed by atoms with Gasteiger partial charge in [0, 0.05) is 45.7 Å². The van der Waals surface area contributed by atoms with E-state index in [2.05, 4.69) is 4.98 Å². The van der Waals surface area contributed by atoms with Gasteiger partial charge in [0.25, 0.3) is 0 Å². The van der Waals surface area contributed by atoms with Crippen LogP contribution in [0.3, 0.4) is 0 Å². The molecule has 0 aliphatic carbocycles. The molecule has 0 radical (unpaired) electrons. The van der Waals surface area contributed by atoms with E-state index in [0.717, 1.165) is 0 Å². The number of aromatic nitrogens is 1. The second-order valence-electron chi connectivity index (χ2n) is 6.31. The number of nitrogens with zero attached hydrogens (tertiary/aromatic N) is 3. The van der Waals surface area contributed by atoms with Crippen LogP contribution in [0.1, 0.15) is 0 Å². The number of rotatable bonds is 8. The maximum atomic E-state index is 12.9. The van der Waals surface area contributed by atoms with Gasteiger partial charge >= 0.3 is 0 Å². The first-order valence-corrected chi connectivity index (χ1v) is 11.9. The average molecular weight is 442 g/mol. The third-order valence-corrected chi connectivity index (χ3v) is 8.28.